The molecule has 2 aromatic heterocycles. The van der Waals surface area contributed by atoms with Crippen LogP contribution in [0.3, 0.4) is 0 Å². The SMILES string of the molecule is CCO.CCOC(=O)CCC(=O)c1ccc(OC)c(OC)c1.COc1ccc(C(=O)CCC(=O)Nc2ccc3ccccc3n2)cc1OC.COc1ccc(C(=O)CCC(=O)O)cc1OC.Nc1ccc2ccccc2n1.[K+].[OH-]. The van der Waals surface area contributed by atoms with Gasteiger partial charge < -0.3 is 59.9 Å². The molecule has 0 aliphatic heterocycles. The summed E-state index contributed by atoms with van der Waals surface area (Å²) in [5, 5.41) is 20.9. The molecule has 0 atom stereocenters. The Hall–Kier alpha value is -7.50. The zero-order valence-corrected chi connectivity index (χ0v) is 49.0. The average Bonchev–Trinajstić information content (AvgIpc) is 3.45. The number of aliphatic hydroxyl groups is 1. The first-order chi connectivity index (χ1) is 37.1. The van der Waals surface area contributed by atoms with Gasteiger partial charge in [-0.15, -0.1) is 0 Å². The Morgan fingerprint density at radius 1 is 0.494 bits per heavy atom. The van der Waals surface area contributed by atoms with E-state index in [1.54, 1.807) is 74.5 Å². The van der Waals surface area contributed by atoms with Crippen molar-refractivity contribution in [2.45, 2.75) is 52.4 Å². The van der Waals surface area contributed by atoms with E-state index in [-0.39, 0.29) is 131 Å². The van der Waals surface area contributed by atoms with Gasteiger partial charge in [0.2, 0.25) is 5.91 Å². The number of nitrogen functional groups attached to an aromatic ring is 1. The van der Waals surface area contributed by atoms with E-state index in [0.717, 1.165) is 21.8 Å². The second kappa shape index (κ2) is 38.1. The van der Waals surface area contributed by atoms with Gasteiger partial charge in [0.05, 0.1) is 73.1 Å². The van der Waals surface area contributed by atoms with Crippen molar-refractivity contribution in [3.8, 4) is 34.5 Å². The molecule has 2 heterocycles. The number of anilines is 2. The molecule has 0 aliphatic carbocycles. The number of hydrogen-bond acceptors (Lipinski definition) is 18. The maximum atomic E-state index is 12.4. The first-order valence-corrected chi connectivity index (χ1v) is 24.1. The summed E-state index contributed by atoms with van der Waals surface area (Å²) >= 11 is 0. The molecule has 0 saturated carbocycles. The van der Waals surface area contributed by atoms with Crippen LogP contribution >= 0.6 is 0 Å². The fourth-order valence-corrected chi connectivity index (χ4v) is 6.78. The smallest absolute Gasteiger partial charge is 0.870 e. The number of Topliss-reactive ketones (excluding diaryl/α,β-unsaturated/α-hetero) is 3. The number of ketones is 3. The summed E-state index contributed by atoms with van der Waals surface area (Å²) in [6.45, 7) is 3.98. The number of pyridine rings is 2. The Labute approximate surface area is 501 Å². The largest absolute Gasteiger partial charge is 1.00 e. The van der Waals surface area contributed by atoms with Gasteiger partial charge in [-0.3, -0.25) is 28.8 Å². The molecule has 0 unspecified atom stereocenters. The number of para-hydroxylation sites is 2. The molecule has 0 spiro atoms. The molecule has 20 nitrogen and oxygen atoms in total. The molecule has 1 amide bonds. The van der Waals surface area contributed by atoms with Crippen LogP contribution in [0.2, 0.25) is 0 Å². The number of carbonyl (C=O) groups excluding carboxylic acids is 5. The van der Waals surface area contributed by atoms with Gasteiger partial charge in [0, 0.05) is 59.8 Å². The summed E-state index contributed by atoms with van der Waals surface area (Å²) < 4.78 is 35.4. The second-order valence-corrected chi connectivity index (χ2v) is 15.9. The van der Waals surface area contributed by atoms with Crippen LogP contribution < -0.4 is 90.9 Å². The molecule has 0 bridgehead atoms. The number of esters is 1. The molecule has 0 fully saturated rings. The normalized spacial score (nSPS) is 9.68. The number of hydrogen-bond donors (Lipinski definition) is 4. The van der Waals surface area contributed by atoms with Crippen LogP contribution in [0.15, 0.2) is 127 Å². The van der Waals surface area contributed by atoms with Gasteiger partial charge in [0.25, 0.3) is 0 Å². The number of carboxylic acid groups (broad SMARTS) is 1. The molecule has 7 aromatic rings. The summed E-state index contributed by atoms with van der Waals surface area (Å²) in [5.41, 5.74) is 8.65. The van der Waals surface area contributed by atoms with E-state index >= 15 is 0 Å². The molecule has 6 N–H and O–H groups in total. The third-order valence-corrected chi connectivity index (χ3v) is 10.6. The number of methoxy groups -OCH3 is 6. The number of aliphatic hydroxyl groups excluding tert-OH is 1. The van der Waals surface area contributed by atoms with Crippen molar-refractivity contribution in [1.29, 1.82) is 0 Å². The van der Waals surface area contributed by atoms with Crippen molar-refractivity contribution < 1.29 is 129 Å². The van der Waals surface area contributed by atoms with Crippen molar-refractivity contribution >= 4 is 68.6 Å². The van der Waals surface area contributed by atoms with Gasteiger partial charge in [-0.2, -0.15) is 0 Å². The summed E-state index contributed by atoms with van der Waals surface area (Å²) in [4.78, 5) is 78.2. The number of carbonyl (C=O) groups is 6. The van der Waals surface area contributed by atoms with Crippen LogP contribution in [0.4, 0.5) is 11.6 Å². The zero-order valence-electron chi connectivity index (χ0n) is 45.9. The van der Waals surface area contributed by atoms with E-state index < -0.39 is 5.97 Å². The van der Waals surface area contributed by atoms with Crippen LogP contribution in [-0.4, -0.2) is 117 Å². The van der Waals surface area contributed by atoms with Crippen molar-refractivity contribution in [2.24, 2.45) is 0 Å². The van der Waals surface area contributed by atoms with Crippen molar-refractivity contribution in [3.05, 3.63) is 144 Å². The molecular weight excluding hydrogens is 1050 g/mol. The molecule has 5 aromatic carbocycles. The number of fused-ring (bicyclic) bond motifs is 2. The summed E-state index contributed by atoms with van der Waals surface area (Å²) in [6, 6.07) is 37.6. The molecule has 21 heteroatoms. The fraction of sp³-hybridized carbons (Fsp3) is 0.276. The number of benzene rings is 5. The predicted molar refractivity (Wildman–Crippen MR) is 295 cm³/mol. The van der Waals surface area contributed by atoms with Crippen LogP contribution in [0, 0.1) is 0 Å². The van der Waals surface area contributed by atoms with E-state index in [2.05, 4.69) is 15.3 Å². The Bertz CT molecular complexity index is 3060. The minimum atomic E-state index is -0.987. The maximum absolute atomic E-state index is 12.4. The number of carboxylic acids is 1. The number of nitrogens with one attached hydrogen (secondary N) is 1. The third kappa shape index (κ3) is 24.0. The predicted octanol–water partition coefficient (Wildman–Crippen LogP) is 6.48. The number of aliphatic carboxylic acids is 1. The second-order valence-electron chi connectivity index (χ2n) is 15.9. The Balaban J connectivity index is 0.000000534. The van der Waals surface area contributed by atoms with Gasteiger partial charge in [-0.1, -0.05) is 36.4 Å². The Kier molecular flexibility index (Phi) is 33.5. The number of amides is 1. The molecule has 79 heavy (non-hydrogen) atoms. The van der Waals surface area contributed by atoms with Crippen LogP contribution in [0.25, 0.3) is 21.8 Å². The standard InChI is InChI=1S/C21H20N2O4.C14H18O5.C12H14O5.C9H8N2.C2H6O.K.H2O/c1-26-18-10-7-15(13-19(18)27-2)17(24)9-12-21(25)23-20-11-8-14-5-3-4-6-16(14)22-20;1-4-19-14(16)8-6-11(15)10-5-7-12(17-2)13(9-10)18-3;1-16-10-5-3-8(7-11(10)17-2)9(13)4-6-12(14)15;10-9-6-5-7-3-1-2-4-8(7)11-9;1-2-3;;/h3-8,10-11,13H,9,12H2,1-2H3,(H,22,23,25);5,7,9H,4,6,8H2,1-3H3;3,5,7H,4,6H2,1-2H3,(H,14,15);1-6H,(H2,10,11);3H,2H2,1H3;;1H2/q;;;;;+1;/p-1. The molecule has 0 aliphatic rings. The monoisotopic (exact) mass is 1110 g/mol. The molecule has 416 valence electrons. The van der Waals surface area contributed by atoms with E-state index in [1.807, 2.05) is 66.7 Å². The first-order valence-electron chi connectivity index (χ1n) is 24.1. The number of aromatic nitrogens is 2. The third-order valence-electron chi connectivity index (χ3n) is 10.6. The van der Waals surface area contributed by atoms with E-state index in [4.69, 9.17) is 49.1 Å². The fourth-order valence-electron chi connectivity index (χ4n) is 6.78. The molecular formula is C58H67KN4O16. The van der Waals surface area contributed by atoms with E-state index in [1.165, 1.54) is 42.7 Å². The Morgan fingerprint density at radius 3 is 1.28 bits per heavy atom. The van der Waals surface area contributed by atoms with Gasteiger partial charge in [-0.05, 0) is 105 Å². The van der Waals surface area contributed by atoms with Gasteiger partial charge in [0.15, 0.2) is 51.8 Å². The number of ether oxygens (including phenoxy) is 7. The van der Waals surface area contributed by atoms with Crippen molar-refractivity contribution in [1.82, 2.24) is 9.97 Å². The van der Waals surface area contributed by atoms with Gasteiger partial charge in [0.1, 0.15) is 11.6 Å². The molecule has 0 radical (unpaired) electrons. The van der Waals surface area contributed by atoms with Gasteiger partial charge >= 0.3 is 63.3 Å². The molecule has 0 saturated heterocycles. The molecule has 7 rings (SSSR count). The van der Waals surface area contributed by atoms with Crippen molar-refractivity contribution in [3.63, 3.8) is 0 Å². The number of nitrogens with two attached hydrogens (primary N) is 1. The number of rotatable bonds is 20. The van der Waals surface area contributed by atoms with Gasteiger partial charge in [-0.25, -0.2) is 9.97 Å². The number of nitrogens with zero attached hydrogens (tertiary/aromatic N) is 2. The Morgan fingerprint density at radius 2 is 0.873 bits per heavy atom. The average molecular weight is 1120 g/mol. The first kappa shape index (κ1) is 69.5. The minimum absolute atomic E-state index is 0. The quantitative estimate of drug-likeness (QED) is 0.0361. The van der Waals surface area contributed by atoms with Crippen molar-refractivity contribution in [2.75, 3.05) is 66.9 Å². The van der Waals surface area contributed by atoms with Crippen LogP contribution in [0.1, 0.15) is 83.4 Å². The maximum Gasteiger partial charge on any atom is 1.00 e. The van der Waals surface area contributed by atoms with E-state index in [0.29, 0.717) is 69.4 Å². The van der Waals surface area contributed by atoms with E-state index in [9.17, 15) is 28.8 Å². The summed E-state index contributed by atoms with van der Waals surface area (Å²) in [5.74, 6) is 2.00. The zero-order chi connectivity index (χ0) is 56.7. The van der Waals surface area contributed by atoms with Crippen LogP contribution in [0.5, 0.6) is 34.5 Å². The topological polar surface area (TPSA) is 301 Å². The summed E-state index contributed by atoms with van der Waals surface area (Å²) in [7, 11) is 9.05. The minimum Gasteiger partial charge on any atom is -0.870 e. The summed E-state index contributed by atoms with van der Waals surface area (Å²) in [6.07, 6.45) is 0.171. The van der Waals surface area contributed by atoms with Crippen LogP contribution in [-0.2, 0) is 19.1 Å².